The van der Waals surface area contributed by atoms with Gasteiger partial charge in [-0.2, -0.15) is 0 Å². The Labute approximate surface area is 56.6 Å². The van der Waals surface area contributed by atoms with Gasteiger partial charge in [-0.05, 0) is 0 Å². The maximum Gasteiger partial charge on any atom is 0.341 e. The van der Waals surface area contributed by atoms with E-state index in [4.69, 9.17) is 5.11 Å². The van der Waals surface area contributed by atoms with E-state index in [-0.39, 0.29) is 0 Å². The zero-order chi connectivity index (χ0) is 8.15. The van der Waals surface area contributed by atoms with Gasteiger partial charge in [-0.3, -0.25) is 4.79 Å². The summed E-state index contributed by atoms with van der Waals surface area (Å²) in [6.07, 6.45) is -2.89. The number of carboxylic acids is 1. The Bertz CT molecular complexity index is 145. The number of ether oxygens (including phenoxy) is 1. The highest BCUT2D eigenvalue weighted by Gasteiger charge is 2.20. The molecule has 0 rings (SSSR count). The fourth-order valence-electron chi connectivity index (χ4n) is 0.365. The van der Waals surface area contributed by atoms with E-state index in [1.54, 1.807) is 0 Å². The van der Waals surface area contributed by atoms with E-state index in [1.807, 2.05) is 0 Å². The van der Waals surface area contributed by atoms with Crippen molar-refractivity contribution in [1.82, 2.24) is 0 Å². The standard InChI is InChI=1S/C5H7FO4/c1-10-5(9)3(6)2-4(7)8/h3H,2H2,1H3,(H,7,8). The van der Waals surface area contributed by atoms with Crippen LogP contribution in [0, 0.1) is 0 Å². The lowest BCUT2D eigenvalue weighted by Crippen LogP contribution is -2.20. The van der Waals surface area contributed by atoms with Gasteiger partial charge < -0.3 is 9.84 Å². The maximum absolute atomic E-state index is 12.2. The van der Waals surface area contributed by atoms with Crippen molar-refractivity contribution in [1.29, 1.82) is 0 Å². The number of carboxylic acid groups (broad SMARTS) is 1. The first kappa shape index (κ1) is 8.87. The summed E-state index contributed by atoms with van der Waals surface area (Å²) in [4.78, 5) is 20.0. The van der Waals surface area contributed by atoms with E-state index in [9.17, 15) is 14.0 Å². The van der Waals surface area contributed by atoms with Crippen molar-refractivity contribution in [2.24, 2.45) is 0 Å². The SMILES string of the molecule is COC(=O)C(F)CC(=O)O. The highest BCUT2D eigenvalue weighted by Crippen LogP contribution is 1.99. The molecular formula is C5H7FO4. The zero-order valence-electron chi connectivity index (χ0n) is 5.33. The molecule has 0 saturated carbocycles. The van der Waals surface area contributed by atoms with Crippen molar-refractivity contribution in [2.75, 3.05) is 7.11 Å². The predicted molar refractivity (Wildman–Crippen MR) is 29.2 cm³/mol. The Balaban J connectivity index is 3.72. The monoisotopic (exact) mass is 150 g/mol. The molecule has 0 aromatic rings. The Morgan fingerprint density at radius 2 is 2.20 bits per heavy atom. The molecule has 0 aromatic heterocycles. The number of carbonyl (C=O) groups is 2. The van der Waals surface area contributed by atoms with Gasteiger partial charge in [-0.1, -0.05) is 0 Å². The van der Waals surface area contributed by atoms with E-state index in [0.717, 1.165) is 7.11 Å². The van der Waals surface area contributed by atoms with Crippen molar-refractivity contribution in [3.8, 4) is 0 Å². The first-order valence-corrected chi connectivity index (χ1v) is 2.51. The first-order chi connectivity index (χ1) is 4.57. The Hall–Kier alpha value is -1.13. The second kappa shape index (κ2) is 3.81. The molecule has 5 heteroatoms. The van der Waals surface area contributed by atoms with Gasteiger partial charge in [-0.15, -0.1) is 0 Å². The van der Waals surface area contributed by atoms with Gasteiger partial charge in [0.25, 0.3) is 0 Å². The molecule has 0 radical (unpaired) electrons. The number of hydrogen-bond donors (Lipinski definition) is 1. The quantitative estimate of drug-likeness (QED) is 0.574. The van der Waals surface area contributed by atoms with Gasteiger partial charge in [-0.25, -0.2) is 9.18 Å². The molecule has 1 atom stereocenters. The molecule has 58 valence electrons. The van der Waals surface area contributed by atoms with Crippen LogP contribution in [-0.4, -0.2) is 30.3 Å². The molecule has 0 bridgehead atoms. The van der Waals surface area contributed by atoms with Crippen LogP contribution in [0.15, 0.2) is 0 Å². The lowest BCUT2D eigenvalue weighted by molar-refractivity contribution is -0.151. The minimum atomic E-state index is -2.05. The molecule has 0 aliphatic rings. The molecule has 0 fully saturated rings. The Kier molecular flexibility index (Phi) is 3.38. The number of esters is 1. The van der Waals surface area contributed by atoms with Gasteiger partial charge in [0.1, 0.15) is 0 Å². The fourth-order valence-corrected chi connectivity index (χ4v) is 0.365. The largest absolute Gasteiger partial charge is 0.481 e. The smallest absolute Gasteiger partial charge is 0.341 e. The second-order valence-electron chi connectivity index (χ2n) is 1.59. The average Bonchev–Trinajstić information content (AvgIpc) is 1.85. The van der Waals surface area contributed by atoms with Crippen LogP contribution in [0.4, 0.5) is 4.39 Å². The third kappa shape index (κ3) is 3.01. The van der Waals surface area contributed by atoms with E-state index >= 15 is 0 Å². The molecule has 0 aliphatic carbocycles. The lowest BCUT2D eigenvalue weighted by atomic mass is 10.3. The number of hydrogen-bond acceptors (Lipinski definition) is 3. The fraction of sp³-hybridized carbons (Fsp3) is 0.600. The molecule has 0 heterocycles. The number of carbonyl (C=O) groups excluding carboxylic acids is 1. The number of aliphatic carboxylic acids is 1. The highest BCUT2D eigenvalue weighted by molar-refractivity contribution is 5.80. The molecule has 0 spiro atoms. The summed E-state index contributed by atoms with van der Waals surface area (Å²) in [5.41, 5.74) is 0. The van der Waals surface area contributed by atoms with Crippen LogP contribution in [-0.2, 0) is 14.3 Å². The highest BCUT2D eigenvalue weighted by atomic mass is 19.1. The van der Waals surface area contributed by atoms with E-state index in [1.165, 1.54) is 0 Å². The third-order valence-corrected chi connectivity index (χ3v) is 0.811. The van der Waals surface area contributed by atoms with Crippen molar-refractivity contribution < 1.29 is 23.8 Å². The number of alkyl halides is 1. The molecule has 1 unspecified atom stereocenters. The summed E-state index contributed by atoms with van der Waals surface area (Å²) in [6.45, 7) is 0. The van der Waals surface area contributed by atoms with Crippen molar-refractivity contribution in [2.45, 2.75) is 12.6 Å². The van der Waals surface area contributed by atoms with E-state index < -0.39 is 24.5 Å². The van der Waals surface area contributed by atoms with Crippen LogP contribution in [0.1, 0.15) is 6.42 Å². The molecule has 0 aliphatic heterocycles. The number of halogens is 1. The summed E-state index contributed by atoms with van der Waals surface area (Å²) in [5.74, 6) is -2.51. The van der Waals surface area contributed by atoms with Gasteiger partial charge in [0.2, 0.25) is 6.17 Å². The van der Waals surface area contributed by atoms with Gasteiger partial charge in [0.05, 0.1) is 13.5 Å². The average molecular weight is 150 g/mol. The second-order valence-corrected chi connectivity index (χ2v) is 1.59. The minimum Gasteiger partial charge on any atom is -0.481 e. The Morgan fingerprint density at radius 3 is 2.50 bits per heavy atom. The first-order valence-electron chi connectivity index (χ1n) is 2.51. The molecule has 0 saturated heterocycles. The van der Waals surface area contributed by atoms with E-state index in [2.05, 4.69) is 4.74 Å². The topological polar surface area (TPSA) is 63.6 Å². The summed E-state index contributed by atoms with van der Waals surface area (Å²) >= 11 is 0. The molecule has 10 heavy (non-hydrogen) atoms. The molecule has 1 N–H and O–H groups in total. The maximum atomic E-state index is 12.2. The number of methoxy groups -OCH3 is 1. The van der Waals surface area contributed by atoms with E-state index in [0.29, 0.717) is 0 Å². The van der Waals surface area contributed by atoms with Crippen LogP contribution in [0.2, 0.25) is 0 Å². The minimum absolute atomic E-state index is 0.841. The third-order valence-electron chi connectivity index (χ3n) is 0.811. The van der Waals surface area contributed by atoms with Crippen molar-refractivity contribution in [3.63, 3.8) is 0 Å². The van der Waals surface area contributed by atoms with Crippen LogP contribution in [0.5, 0.6) is 0 Å². The zero-order valence-corrected chi connectivity index (χ0v) is 5.33. The van der Waals surface area contributed by atoms with Gasteiger partial charge in [0.15, 0.2) is 0 Å². The van der Waals surface area contributed by atoms with Gasteiger partial charge in [0, 0.05) is 0 Å². The summed E-state index contributed by atoms with van der Waals surface area (Å²) in [7, 11) is 0.997. The van der Waals surface area contributed by atoms with Gasteiger partial charge >= 0.3 is 11.9 Å². The summed E-state index contributed by atoms with van der Waals surface area (Å²) < 4.78 is 16.1. The van der Waals surface area contributed by atoms with Crippen LogP contribution in [0.3, 0.4) is 0 Å². The predicted octanol–water partition coefficient (Wildman–Crippen LogP) is -0.0278. The Morgan fingerprint density at radius 1 is 1.70 bits per heavy atom. The normalized spacial score (nSPS) is 12.2. The lowest BCUT2D eigenvalue weighted by Gasteiger charge is -2.00. The van der Waals surface area contributed by atoms with Crippen LogP contribution >= 0.6 is 0 Å². The van der Waals surface area contributed by atoms with Crippen molar-refractivity contribution >= 4 is 11.9 Å². The molecule has 4 nitrogen and oxygen atoms in total. The summed E-state index contributed by atoms with van der Waals surface area (Å²) in [5, 5.41) is 7.98. The van der Waals surface area contributed by atoms with Crippen molar-refractivity contribution in [3.05, 3.63) is 0 Å². The number of rotatable bonds is 3. The van der Waals surface area contributed by atoms with Crippen LogP contribution < -0.4 is 0 Å². The van der Waals surface area contributed by atoms with Crippen LogP contribution in [0.25, 0.3) is 0 Å². The summed E-state index contributed by atoms with van der Waals surface area (Å²) in [6, 6.07) is 0. The molecular weight excluding hydrogens is 143 g/mol. The molecule has 0 aromatic carbocycles. The molecule has 0 amide bonds.